The number of nitriles is 1. The Morgan fingerprint density at radius 3 is 2.60 bits per heavy atom. The molecule has 2 aromatic rings. The highest BCUT2D eigenvalue weighted by Crippen LogP contribution is 2.26. The van der Waals surface area contributed by atoms with E-state index < -0.39 is 0 Å². The molecule has 2 aromatic heterocycles. The molecule has 4 N–H and O–H groups in total. The van der Waals surface area contributed by atoms with E-state index in [1.165, 1.54) is 18.5 Å². The Kier molecular flexibility index (Phi) is 7.08. The Morgan fingerprint density at radius 1 is 1.23 bits per heavy atom. The summed E-state index contributed by atoms with van der Waals surface area (Å²) in [7, 11) is 0. The molecule has 1 amide bonds. The van der Waals surface area contributed by atoms with Crippen molar-refractivity contribution >= 4 is 34.8 Å². The molecule has 0 atom stereocenters. The molecule has 8 nitrogen and oxygen atoms in total. The van der Waals surface area contributed by atoms with Gasteiger partial charge in [-0.2, -0.15) is 5.26 Å². The van der Waals surface area contributed by atoms with Crippen LogP contribution >= 0.6 is 11.6 Å². The maximum Gasteiger partial charge on any atom is 0.255 e. The Labute approximate surface area is 180 Å². The Bertz CT molecular complexity index is 951. The smallest absolute Gasteiger partial charge is 0.255 e. The fourth-order valence-corrected chi connectivity index (χ4v) is 3.54. The number of nitrogens with one attached hydrogen (secondary N) is 3. The Hall–Kier alpha value is -2.89. The topological polar surface area (TPSA) is 123 Å². The number of pyridine rings is 2. The summed E-state index contributed by atoms with van der Waals surface area (Å²) in [4.78, 5) is 21.3. The second-order valence-corrected chi connectivity index (χ2v) is 8.09. The Balaban J connectivity index is 1.79. The minimum Gasteiger partial charge on any atom is -0.393 e. The van der Waals surface area contributed by atoms with Crippen LogP contribution in [-0.4, -0.2) is 39.2 Å². The van der Waals surface area contributed by atoms with Crippen LogP contribution in [0.25, 0.3) is 0 Å². The van der Waals surface area contributed by atoms with Gasteiger partial charge in [0.2, 0.25) is 0 Å². The van der Waals surface area contributed by atoms with Gasteiger partial charge in [-0.25, -0.2) is 9.97 Å². The van der Waals surface area contributed by atoms with Gasteiger partial charge in [0.15, 0.2) is 0 Å². The number of anilines is 3. The fourth-order valence-electron chi connectivity index (χ4n) is 3.33. The lowest BCUT2D eigenvalue weighted by Crippen LogP contribution is -2.39. The standard InChI is InChI=1S/C21H25ClN6O2/c1-12(2)26-18-8-19(28-20-17(22)7-13(9-23)10-25-20)24-11-16(18)21(30)27-14-3-5-15(29)6-4-14/h7-8,10-12,14-15,29H,3-6H2,1-2H3,(H,27,30)(H2,24,25,26,28). The van der Waals surface area contributed by atoms with E-state index in [2.05, 4.69) is 25.9 Å². The van der Waals surface area contributed by atoms with Gasteiger partial charge in [0.05, 0.1) is 27.9 Å². The van der Waals surface area contributed by atoms with Crippen LogP contribution in [0.2, 0.25) is 5.02 Å². The molecule has 0 saturated heterocycles. The number of nitrogens with zero attached hydrogens (tertiary/aromatic N) is 3. The molecule has 0 bridgehead atoms. The second-order valence-electron chi connectivity index (χ2n) is 7.68. The zero-order chi connectivity index (χ0) is 21.7. The minimum atomic E-state index is -0.272. The zero-order valence-electron chi connectivity index (χ0n) is 16.9. The van der Waals surface area contributed by atoms with Crippen molar-refractivity contribution in [2.24, 2.45) is 0 Å². The molecule has 0 spiro atoms. The normalized spacial score (nSPS) is 18.5. The lowest BCUT2D eigenvalue weighted by molar-refractivity contribution is 0.0868. The maximum atomic E-state index is 12.9. The number of hydrogen-bond donors (Lipinski definition) is 4. The highest BCUT2D eigenvalue weighted by molar-refractivity contribution is 6.33. The van der Waals surface area contributed by atoms with Crippen molar-refractivity contribution in [3.05, 3.63) is 40.7 Å². The van der Waals surface area contributed by atoms with Crippen molar-refractivity contribution < 1.29 is 9.90 Å². The van der Waals surface area contributed by atoms with Gasteiger partial charge < -0.3 is 21.1 Å². The third kappa shape index (κ3) is 5.59. The van der Waals surface area contributed by atoms with E-state index in [1.807, 2.05) is 19.9 Å². The van der Waals surface area contributed by atoms with Gasteiger partial charge in [0.25, 0.3) is 5.91 Å². The summed E-state index contributed by atoms with van der Waals surface area (Å²) in [5, 5.41) is 28.2. The van der Waals surface area contributed by atoms with Crippen LogP contribution in [0.3, 0.4) is 0 Å². The highest BCUT2D eigenvalue weighted by atomic mass is 35.5. The molecule has 1 aliphatic rings. The third-order valence-corrected chi connectivity index (χ3v) is 5.13. The van der Waals surface area contributed by atoms with E-state index in [1.54, 1.807) is 6.07 Å². The van der Waals surface area contributed by atoms with E-state index in [4.69, 9.17) is 16.9 Å². The molecule has 1 fully saturated rings. The lowest BCUT2D eigenvalue weighted by Gasteiger charge is -2.26. The van der Waals surface area contributed by atoms with Gasteiger partial charge in [-0.05, 0) is 45.6 Å². The zero-order valence-corrected chi connectivity index (χ0v) is 17.7. The van der Waals surface area contributed by atoms with Crippen LogP contribution < -0.4 is 16.0 Å². The van der Waals surface area contributed by atoms with E-state index in [9.17, 15) is 9.90 Å². The SMILES string of the molecule is CC(C)Nc1cc(Nc2ncc(C#N)cc2Cl)ncc1C(=O)NC1CCC(O)CC1. The molecule has 0 aliphatic heterocycles. The number of halogens is 1. The summed E-state index contributed by atoms with van der Waals surface area (Å²) in [5.41, 5.74) is 1.45. The molecule has 9 heteroatoms. The molecule has 1 saturated carbocycles. The lowest BCUT2D eigenvalue weighted by atomic mass is 9.93. The van der Waals surface area contributed by atoms with Crippen LogP contribution in [-0.2, 0) is 0 Å². The van der Waals surface area contributed by atoms with Gasteiger partial charge in [-0.15, -0.1) is 0 Å². The maximum absolute atomic E-state index is 12.9. The van der Waals surface area contributed by atoms with Crippen LogP contribution in [0.4, 0.5) is 17.3 Å². The number of rotatable bonds is 6. The average molecular weight is 429 g/mol. The predicted octanol–water partition coefficient (Wildman–Crippen LogP) is 3.60. The number of hydrogen-bond acceptors (Lipinski definition) is 7. The van der Waals surface area contributed by atoms with E-state index >= 15 is 0 Å². The summed E-state index contributed by atoms with van der Waals surface area (Å²) in [5.74, 6) is 0.638. The number of aromatic nitrogens is 2. The first-order valence-corrected chi connectivity index (χ1v) is 10.3. The summed E-state index contributed by atoms with van der Waals surface area (Å²) >= 11 is 6.18. The van der Waals surface area contributed by atoms with Crippen molar-refractivity contribution in [2.75, 3.05) is 10.6 Å². The van der Waals surface area contributed by atoms with E-state index in [0.717, 1.165) is 12.8 Å². The first kappa shape index (κ1) is 21.8. The molecule has 0 unspecified atom stereocenters. The average Bonchev–Trinajstić information content (AvgIpc) is 2.71. The van der Waals surface area contributed by atoms with E-state index in [-0.39, 0.29) is 24.1 Å². The molecule has 2 heterocycles. The molecule has 0 aromatic carbocycles. The van der Waals surface area contributed by atoms with E-state index in [0.29, 0.717) is 46.3 Å². The summed E-state index contributed by atoms with van der Waals surface area (Å²) < 4.78 is 0. The minimum absolute atomic E-state index is 0.0484. The van der Waals surface area contributed by atoms with Gasteiger partial charge in [0, 0.05) is 30.5 Å². The van der Waals surface area contributed by atoms with Crippen molar-refractivity contribution in [3.8, 4) is 6.07 Å². The largest absolute Gasteiger partial charge is 0.393 e. The molecule has 0 radical (unpaired) electrons. The summed E-state index contributed by atoms with van der Waals surface area (Å²) in [6, 6.07) is 5.39. The van der Waals surface area contributed by atoms with Crippen LogP contribution in [0.1, 0.15) is 55.5 Å². The summed E-state index contributed by atoms with van der Waals surface area (Å²) in [6.45, 7) is 3.97. The van der Waals surface area contributed by atoms with Crippen LogP contribution in [0.15, 0.2) is 24.5 Å². The molecular formula is C21H25ClN6O2. The Morgan fingerprint density at radius 2 is 1.97 bits per heavy atom. The first-order valence-electron chi connectivity index (χ1n) is 9.94. The monoisotopic (exact) mass is 428 g/mol. The van der Waals surface area contributed by atoms with Crippen molar-refractivity contribution in [1.82, 2.24) is 15.3 Å². The second kappa shape index (κ2) is 9.74. The number of carbonyl (C=O) groups is 1. The highest BCUT2D eigenvalue weighted by Gasteiger charge is 2.23. The quantitative estimate of drug-likeness (QED) is 0.554. The molecular weight excluding hydrogens is 404 g/mol. The molecule has 30 heavy (non-hydrogen) atoms. The van der Waals surface area contributed by atoms with Gasteiger partial charge in [-0.3, -0.25) is 4.79 Å². The van der Waals surface area contributed by atoms with Gasteiger partial charge >= 0.3 is 0 Å². The molecule has 158 valence electrons. The van der Waals surface area contributed by atoms with Crippen LogP contribution in [0.5, 0.6) is 0 Å². The number of aliphatic hydroxyl groups excluding tert-OH is 1. The number of carbonyl (C=O) groups excluding carboxylic acids is 1. The molecule has 1 aliphatic carbocycles. The van der Waals surface area contributed by atoms with Crippen molar-refractivity contribution in [3.63, 3.8) is 0 Å². The number of aliphatic hydroxyl groups is 1. The summed E-state index contributed by atoms with van der Waals surface area (Å²) in [6.07, 6.45) is 5.57. The van der Waals surface area contributed by atoms with Crippen molar-refractivity contribution in [1.29, 1.82) is 5.26 Å². The number of amides is 1. The van der Waals surface area contributed by atoms with Gasteiger partial charge in [0.1, 0.15) is 17.7 Å². The molecule has 3 rings (SSSR count). The third-order valence-electron chi connectivity index (χ3n) is 4.84. The predicted molar refractivity (Wildman–Crippen MR) is 116 cm³/mol. The van der Waals surface area contributed by atoms with Crippen molar-refractivity contribution in [2.45, 2.75) is 57.7 Å². The fraction of sp³-hybridized carbons (Fsp3) is 0.429. The first-order chi connectivity index (χ1) is 14.4. The van der Waals surface area contributed by atoms with Crippen LogP contribution in [0, 0.1) is 11.3 Å². The van der Waals surface area contributed by atoms with Gasteiger partial charge in [-0.1, -0.05) is 11.6 Å².